The second-order valence-corrected chi connectivity index (χ2v) is 9.91. The molecule has 2 atom stereocenters. The third-order valence-electron chi connectivity index (χ3n) is 5.37. The SMILES string of the molecule is CC1(C)C(C=C(Br)Br)C1(C)C(=O)Oc1cccc(Oc2ccccc2)c1. The standard InChI is InChI=1S/C21H20Br2O3/c1-20(2)17(13-18(22)23)21(20,3)19(24)26-16-11-7-10-15(12-16)25-14-8-5-4-6-9-14/h4-13,17H,1-3H3. The summed E-state index contributed by atoms with van der Waals surface area (Å²) in [5, 5.41) is 0. The quantitative estimate of drug-likeness (QED) is 0.354. The van der Waals surface area contributed by atoms with E-state index in [2.05, 4.69) is 45.7 Å². The number of carbonyl (C=O) groups excluding carboxylic acids is 1. The highest BCUT2D eigenvalue weighted by atomic mass is 79.9. The summed E-state index contributed by atoms with van der Waals surface area (Å²) in [6.45, 7) is 6.10. The Morgan fingerprint density at radius 1 is 0.962 bits per heavy atom. The fraction of sp³-hybridized carbons (Fsp3) is 0.286. The van der Waals surface area contributed by atoms with Gasteiger partial charge in [-0.3, -0.25) is 4.79 Å². The first kappa shape index (κ1) is 19.2. The number of para-hydroxylation sites is 1. The van der Waals surface area contributed by atoms with E-state index in [0.29, 0.717) is 11.5 Å². The molecule has 0 N–H and O–H groups in total. The van der Waals surface area contributed by atoms with Gasteiger partial charge in [0.2, 0.25) is 0 Å². The van der Waals surface area contributed by atoms with E-state index in [0.717, 1.165) is 9.14 Å². The molecule has 0 radical (unpaired) electrons. The van der Waals surface area contributed by atoms with Crippen LogP contribution in [-0.2, 0) is 4.79 Å². The van der Waals surface area contributed by atoms with Gasteiger partial charge in [-0.15, -0.1) is 0 Å². The minimum absolute atomic E-state index is 0.0972. The summed E-state index contributed by atoms with van der Waals surface area (Å²) < 4.78 is 12.3. The van der Waals surface area contributed by atoms with E-state index in [9.17, 15) is 4.79 Å². The topological polar surface area (TPSA) is 35.5 Å². The van der Waals surface area contributed by atoms with Gasteiger partial charge in [0.1, 0.15) is 17.2 Å². The summed E-state index contributed by atoms with van der Waals surface area (Å²) in [6.07, 6.45) is 2.01. The van der Waals surface area contributed by atoms with E-state index in [1.807, 2.05) is 55.5 Å². The molecule has 136 valence electrons. The molecule has 0 spiro atoms. The number of carbonyl (C=O) groups is 1. The van der Waals surface area contributed by atoms with Gasteiger partial charge >= 0.3 is 5.97 Å². The Bertz CT molecular complexity index is 841. The van der Waals surface area contributed by atoms with Crippen molar-refractivity contribution in [3.63, 3.8) is 0 Å². The average Bonchev–Trinajstić information content (AvgIpc) is 3.02. The predicted octanol–water partition coefficient (Wildman–Crippen LogP) is 6.68. The van der Waals surface area contributed by atoms with Crippen molar-refractivity contribution >= 4 is 37.8 Å². The van der Waals surface area contributed by atoms with Crippen molar-refractivity contribution < 1.29 is 14.3 Å². The normalized spacial score (nSPS) is 23.0. The van der Waals surface area contributed by atoms with Gasteiger partial charge in [-0.25, -0.2) is 0 Å². The van der Waals surface area contributed by atoms with Crippen molar-refractivity contribution in [1.82, 2.24) is 0 Å². The van der Waals surface area contributed by atoms with Crippen molar-refractivity contribution in [2.24, 2.45) is 16.7 Å². The number of hydrogen-bond donors (Lipinski definition) is 0. The molecular formula is C21H20Br2O3. The summed E-state index contributed by atoms with van der Waals surface area (Å²) >= 11 is 6.77. The molecule has 1 aliphatic carbocycles. The predicted molar refractivity (Wildman–Crippen MR) is 110 cm³/mol. The lowest BCUT2D eigenvalue weighted by Gasteiger charge is -2.14. The zero-order chi connectivity index (χ0) is 18.9. The van der Waals surface area contributed by atoms with Crippen LogP contribution in [0.5, 0.6) is 17.2 Å². The highest BCUT2D eigenvalue weighted by molar-refractivity contribution is 9.28. The van der Waals surface area contributed by atoms with Crippen LogP contribution < -0.4 is 9.47 Å². The zero-order valence-electron chi connectivity index (χ0n) is 14.8. The second kappa shape index (κ2) is 7.20. The van der Waals surface area contributed by atoms with Crippen LogP contribution in [0, 0.1) is 16.7 Å². The molecule has 3 nitrogen and oxygen atoms in total. The largest absolute Gasteiger partial charge is 0.457 e. The fourth-order valence-electron chi connectivity index (χ4n) is 3.36. The van der Waals surface area contributed by atoms with Gasteiger partial charge in [0.25, 0.3) is 0 Å². The first-order valence-electron chi connectivity index (χ1n) is 8.33. The van der Waals surface area contributed by atoms with E-state index in [4.69, 9.17) is 9.47 Å². The second-order valence-electron chi connectivity index (χ2n) is 7.14. The van der Waals surface area contributed by atoms with Crippen LogP contribution in [-0.4, -0.2) is 5.97 Å². The van der Waals surface area contributed by atoms with Crippen LogP contribution in [0.25, 0.3) is 0 Å². The van der Waals surface area contributed by atoms with Crippen molar-refractivity contribution in [2.45, 2.75) is 20.8 Å². The van der Waals surface area contributed by atoms with Crippen molar-refractivity contribution in [3.05, 3.63) is 64.1 Å². The molecule has 2 aromatic carbocycles. The van der Waals surface area contributed by atoms with Gasteiger partial charge in [0.15, 0.2) is 0 Å². The number of allylic oxidation sites excluding steroid dienone is 1. The third-order valence-corrected chi connectivity index (χ3v) is 5.90. The van der Waals surface area contributed by atoms with Crippen molar-refractivity contribution in [2.75, 3.05) is 0 Å². The van der Waals surface area contributed by atoms with Crippen molar-refractivity contribution in [3.8, 4) is 17.2 Å². The minimum atomic E-state index is -0.573. The average molecular weight is 480 g/mol. The summed E-state index contributed by atoms with van der Waals surface area (Å²) in [6, 6.07) is 16.6. The summed E-state index contributed by atoms with van der Waals surface area (Å²) in [4.78, 5) is 12.9. The molecule has 5 heteroatoms. The molecule has 3 rings (SSSR count). The van der Waals surface area contributed by atoms with Crippen LogP contribution in [0.1, 0.15) is 20.8 Å². The van der Waals surface area contributed by atoms with E-state index >= 15 is 0 Å². The summed E-state index contributed by atoms with van der Waals surface area (Å²) in [7, 11) is 0. The van der Waals surface area contributed by atoms with Crippen LogP contribution in [0.2, 0.25) is 0 Å². The molecule has 1 saturated carbocycles. The molecule has 0 amide bonds. The van der Waals surface area contributed by atoms with Gasteiger partial charge in [0.05, 0.1) is 8.81 Å². The number of hydrogen-bond acceptors (Lipinski definition) is 3. The minimum Gasteiger partial charge on any atom is -0.457 e. The molecule has 0 aliphatic heterocycles. The Balaban J connectivity index is 1.74. The molecule has 1 fully saturated rings. The van der Waals surface area contributed by atoms with Crippen LogP contribution in [0.15, 0.2) is 64.1 Å². The van der Waals surface area contributed by atoms with Gasteiger partial charge in [-0.2, -0.15) is 0 Å². The van der Waals surface area contributed by atoms with E-state index in [-0.39, 0.29) is 17.3 Å². The summed E-state index contributed by atoms with van der Waals surface area (Å²) in [5.41, 5.74) is -0.745. The Kier molecular flexibility index (Phi) is 5.31. The maximum atomic E-state index is 12.9. The third kappa shape index (κ3) is 3.60. The smallest absolute Gasteiger partial charge is 0.318 e. The molecule has 0 bridgehead atoms. The number of halogens is 2. The number of rotatable bonds is 5. The van der Waals surface area contributed by atoms with Crippen molar-refractivity contribution in [1.29, 1.82) is 0 Å². The van der Waals surface area contributed by atoms with E-state index in [1.54, 1.807) is 12.1 Å². The molecule has 2 unspecified atom stereocenters. The van der Waals surface area contributed by atoms with Crippen LogP contribution in [0.4, 0.5) is 0 Å². The first-order valence-corrected chi connectivity index (χ1v) is 9.92. The van der Waals surface area contributed by atoms with Gasteiger partial charge in [0, 0.05) is 12.0 Å². The summed E-state index contributed by atoms with van der Waals surface area (Å²) in [5.74, 6) is 1.70. The van der Waals surface area contributed by atoms with Gasteiger partial charge < -0.3 is 9.47 Å². The zero-order valence-corrected chi connectivity index (χ0v) is 18.0. The van der Waals surface area contributed by atoms with Crippen LogP contribution in [0.3, 0.4) is 0 Å². The molecule has 0 aromatic heterocycles. The molecular weight excluding hydrogens is 460 g/mol. The molecule has 0 saturated heterocycles. The molecule has 1 aliphatic rings. The van der Waals surface area contributed by atoms with Gasteiger partial charge in [-0.05, 0) is 68.5 Å². The molecule has 26 heavy (non-hydrogen) atoms. The Labute approximate surface area is 170 Å². The maximum absolute atomic E-state index is 12.9. The maximum Gasteiger partial charge on any atom is 0.318 e. The first-order chi connectivity index (χ1) is 12.2. The Morgan fingerprint density at radius 2 is 1.58 bits per heavy atom. The number of ether oxygens (including phenoxy) is 2. The lowest BCUT2D eigenvalue weighted by molar-refractivity contribution is -0.141. The molecule has 2 aromatic rings. The fourth-order valence-corrected chi connectivity index (χ4v) is 3.88. The lowest BCUT2D eigenvalue weighted by atomic mass is 9.98. The van der Waals surface area contributed by atoms with Gasteiger partial charge in [-0.1, -0.05) is 44.2 Å². The molecule has 0 heterocycles. The van der Waals surface area contributed by atoms with E-state index < -0.39 is 5.41 Å². The highest BCUT2D eigenvalue weighted by Gasteiger charge is 2.72. The Morgan fingerprint density at radius 3 is 2.23 bits per heavy atom. The van der Waals surface area contributed by atoms with E-state index in [1.165, 1.54) is 0 Å². The monoisotopic (exact) mass is 478 g/mol. The number of esters is 1. The Hall–Kier alpha value is -1.59. The van der Waals surface area contributed by atoms with Crippen LogP contribution >= 0.6 is 31.9 Å². The lowest BCUT2D eigenvalue weighted by Crippen LogP contribution is -2.24. The highest BCUT2D eigenvalue weighted by Crippen LogP contribution is 2.70. The number of benzene rings is 2.